The van der Waals surface area contributed by atoms with Crippen molar-refractivity contribution in [2.75, 3.05) is 0 Å². The van der Waals surface area contributed by atoms with Crippen LogP contribution in [-0.2, 0) is 4.79 Å². The summed E-state index contributed by atoms with van der Waals surface area (Å²) in [5, 5.41) is 14.6. The molecule has 1 amide bonds. The number of carbonyl (C=O) groups excluding carboxylic acids is 1. The van der Waals surface area contributed by atoms with E-state index in [2.05, 4.69) is 12.0 Å². The second kappa shape index (κ2) is 8.52. The molecule has 1 fully saturated rings. The average Bonchev–Trinajstić information content (AvgIpc) is 2.94. The van der Waals surface area contributed by atoms with Gasteiger partial charge in [0.2, 0.25) is 5.91 Å². The molecule has 144 valence electrons. The zero-order valence-corrected chi connectivity index (χ0v) is 14.9. The maximum atomic E-state index is 13.5. The smallest absolute Gasteiger partial charge is 0.362 e. The molecular formula is C18H29F3N2O2. The molecule has 1 saturated carbocycles. The second-order valence-electron chi connectivity index (χ2n) is 7.29. The Labute approximate surface area is 147 Å². The van der Waals surface area contributed by atoms with Crippen LogP contribution in [-0.4, -0.2) is 33.6 Å². The zero-order chi connectivity index (χ0) is 18.5. The first kappa shape index (κ1) is 20.2. The molecule has 1 aliphatic carbocycles. The van der Waals surface area contributed by atoms with E-state index in [-0.39, 0.29) is 12.3 Å². The molecule has 0 aromatic heterocycles. The van der Waals surface area contributed by atoms with Gasteiger partial charge in [0.15, 0.2) is 0 Å². The van der Waals surface area contributed by atoms with Crippen LogP contribution in [0.5, 0.6) is 0 Å². The molecular weight excluding hydrogens is 333 g/mol. The van der Waals surface area contributed by atoms with Crippen molar-refractivity contribution in [3.63, 3.8) is 0 Å². The lowest BCUT2D eigenvalue weighted by atomic mass is 9.83. The summed E-state index contributed by atoms with van der Waals surface area (Å²) in [7, 11) is 0. The molecule has 0 bridgehead atoms. The molecule has 25 heavy (non-hydrogen) atoms. The summed E-state index contributed by atoms with van der Waals surface area (Å²) in [6.45, 7) is 2.07. The van der Waals surface area contributed by atoms with Crippen molar-refractivity contribution in [3.05, 3.63) is 0 Å². The van der Waals surface area contributed by atoms with Crippen LogP contribution in [0.15, 0.2) is 5.10 Å². The number of aliphatic hydroxyl groups is 1. The fourth-order valence-corrected chi connectivity index (χ4v) is 3.70. The van der Waals surface area contributed by atoms with Gasteiger partial charge in [-0.25, -0.2) is 0 Å². The van der Waals surface area contributed by atoms with Gasteiger partial charge < -0.3 is 5.11 Å². The first-order valence-corrected chi connectivity index (χ1v) is 9.49. The van der Waals surface area contributed by atoms with Gasteiger partial charge >= 0.3 is 6.18 Å². The number of hydrazone groups is 1. The number of nitrogens with zero attached hydrogens (tertiary/aromatic N) is 2. The Bertz CT molecular complexity index is 487. The van der Waals surface area contributed by atoms with E-state index in [1.165, 1.54) is 0 Å². The minimum absolute atomic E-state index is 0.0104. The van der Waals surface area contributed by atoms with Crippen LogP contribution in [0.1, 0.15) is 84.0 Å². The van der Waals surface area contributed by atoms with Crippen LogP contribution in [0, 0.1) is 5.92 Å². The highest BCUT2D eigenvalue weighted by Gasteiger charge is 2.63. The number of alkyl halides is 3. The molecule has 2 aliphatic rings. The van der Waals surface area contributed by atoms with E-state index in [4.69, 9.17) is 0 Å². The SMILES string of the molecule is CCCCCCCC(=O)N1N=C(C2CCCCC2)C[C@]1(O)C(F)(F)F. The molecule has 1 atom stereocenters. The molecule has 4 nitrogen and oxygen atoms in total. The standard InChI is InChI=1S/C18H29F3N2O2/c1-2-3-4-5-9-12-16(24)23-17(25,18(19,20)21)13-15(22-23)14-10-7-6-8-11-14/h14,25H,2-13H2,1H3/t17-/m0/s1. The van der Waals surface area contributed by atoms with Gasteiger partial charge in [-0.2, -0.15) is 23.3 Å². The summed E-state index contributed by atoms with van der Waals surface area (Å²) >= 11 is 0. The normalized spacial score (nSPS) is 25.3. The number of unbranched alkanes of at least 4 members (excludes halogenated alkanes) is 4. The fourth-order valence-electron chi connectivity index (χ4n) is 3.70. The van der Waals surface area contributed by atoms with Crippen molar-refractivity contribution < 1.29 is 23.1 Å². The molecule has 0 unspecified atom stereocenters. The van der Waals surface area contributed by atoms with Gasteiger partial charge in [-0.1, -0.05) is 51.9 Å². The Hall–Kier alpha value is -1.11. The molecule has 7 heteroatoms. The first-order chi connectivity index (χ1) is 11.8. The molecule has 0 radical (unpaired) electrons. The van der Waals surface area contributed by atoms with Crippen LogP contribution in [0.3, 0.4) is 0 Å². The van der Waals surface area contributed by atoms with Gasteiger partial charge in [0.1, 0.15) is 0 Å². The van der Waals surface area contributed by atoms with Gasteiger partial charge in [-0.3, -0.25) is 4.79 Å². The number of hydrogen-bond donors (Lipinski definition) is 1. The zero-order valence-electron chi connectivity index (χ0n) is 14.9. The monoisotopic (exact) mass is 362 g/mol. The van der Waals surface area contributed by atoms with Crippen LogP contribution >= 0.6 is 0 Å². The van der Waals surface area contributed by atoms with Crippen molar-refractivity contribution in [1.29, 1.82) is 0 Å². The maximum Gasteiger partial charge on any atom is 0.438 e. The van der Waals surface area contributed by atoms with Crippen molar-refractivity contribution in [2.45, 2.75) is 95.9 Å². The van der Waals surface area contributed by atoms with E-state index in [0.717, 1.165) is 57.8 Å². The predicted octanol–water partition coefficient (Wildman–Crippen LogP) is 4.77. The van der Waals surface area contributed by atoms with Crippen LogP contribution < -0.4 is 0 Å². The first-order valence-electron chi connectivity index (χ1n) is 9.49. The van der Waals surface area contributed by atoms with E-state index in [1.807, 2.05) is 0 Å². The molecule has 0 saturated heterocycles. The molecule has 2 rings (SSSR count). The minimum Gasteiger partial charge on any atom is -0.362 e. The van der Waals surface area contributed by atoms with Gasteiger partial charge in [-0.15, -0.1) is 0 Å². The summed E-state index contributed by atoms with van der Waals surface area (Å²) in [6.07, 6.45) is 3.43. The summed E-state index contributed by atoms with van der Waals surface area (Å²) < 4.78 is 40.4. The van der Waals surface area contributed by atoms with Crippen molar-refractivity contribution >= 4 is 11.6 Å². The number of amides is 1. The molecule has 0 aromatic carbocycles. The van der Waals surface area contributed by atoms with E-state index in [9.17, 15) is 23.1 Å². The largest absolute Gasteiger partial charge is 0.438 e. The number of rotatable bonds is 7. The lowest BCUT2D eigenvalue weighted by Crippen LogP contribution is -2.56. The average molecular weight is 362 g/mol. The van der Waals surface area contributed by atoms with Gasteiger partial charge in [0, 0.05) is 18.6 Å². The number of carbonyl (C=O) groups is 1. The Kier molecular flexibility index (Phi) is 6.88. The number of hydrogen-bond acceptors (Lipinski definition) is 3. The van der Waals surface area contributed by atoms with Crippen molar-refractivity contribution in [2.24, 2.45) is 11.0 Å². The van der Waals surface area contributed by atoms with E-state index in [0.29, 0.717) is 17.1 Å². The summed E-state index contributed by atoms with van der Waals surface area (Å²) in [4.78, 5) is 12.3. The fraction of sp³-hybridized carbons (Fsp3) is 0.889. The van der Waals surface area contributed by atoms with Crippen molar-refractivity contribution in [3.8, 4) is 0 Å². The molecule has 1 aliphatic heterocycles. The maximum absolute atomic E-state index is 13.5. The summed E-state index contributed by atoms with van der Waals surface area (Å²) in [5.41, 5.74) is -2.85. The van der Waals surface area contributed by atoms with Gasteiger partial charge in [0.25, 0.3) is 5.72 Å². The Balaban J connectivity index is 2.06. The highest BCUT2D eigenvalue weighted by molar-refractivity contribution is 5.92. The van der Waals surface area contributed by atoms with Crippen molar-refractivity contribution in [1.82, 2.24) is 5.01 Å². The minimum atomic E-state index is -4.91. The highest BCUT2D eigenvalue weighted by atomic mass is 19.4. The van der Waals surface area contributed by atoms with E-state index < -0.39 is 24.2 Å². The topological polar surface area (TPSA) is 52.9 Å². The molecule has 0 spiro atoms. The van der Waals surface area contributed by atoms with Crippen LogP contribution in [0.2, 0.25) is 0 Å². The number of halogens is 3. The third kappa shape index (κ3) is 4.74. The summed E-state index contributed by atoms with van der Waals surface area (Å²) in [5.74, 6) is -0.785. The highest BCUT2D eigenvalue weighted by Crippen LogP contribution is 2.43. The van der Waals surface area contributed by atoms with Crippen LogP contribution in [0.4, 0.5) is 13.2 Å². The van der Waals surface area contributed by atoms with E-state index in [1.54, 1.807) is 0 Å². The molecule has 1 N–H and O–H groups in total. The van der Waals surface area contributed by atoms with Gasteiger partial charge in [-0.05, 0) is 25.2 Å². The lowest BCUT2D eigenvalue weighted by molar-refractivity contribution is -0.302. The summed E-state index contributed by atoms with van der Waals surface area (Å²) in [6, 6.07) is 0. The third-order valence-corrected chi connectivity index (χ3v) is 5.27. The predicted molar refractivity (Wildman–Crippen MR) is 89.9 cm³/mol. The third-order valence-electron chi connectivity index (χ3n) is 5.27. The Morgan fingerprint density at radius 2 is 1.84 bits per heavy atom. The second-order valence-corrected chi connectivity index (χ2v) is 7.29. The molecule has 1 heterocycles. The Morgan fingerprint density at radius 3 is 2.44 bits per heavy atom. The van der Waals surface area contributed by atoms with Gasteiger partial charge in [0.05, 0.1) is 0 Å². The lowest BCUT2D eigenvalue weighted by Gasteiger charge is -2.32. The Morgan fingerprint density at radius 1 is 1.20 bits per heavy atom. The molecule has 0 aromatic rings. The van der Waals surface area contributed by atoms with E-state index >= 15 is 0 Å². The van der Waals surface area contributed by atoms with Crippen LogP contribution in [0.25, 0.3) is 0 Å². The quantitative estimate of drug-likeness (QED) is 0.664.